The van der Waals surface area contributed by atoms with Crippen LogP contribution in [0.2, 0.25) is 0 Å². The molecule has 1 saturated heterocycles. The molecule has 0 spiro atoms. The molecule has 7 heteroatoms. The van der Waals surface area contributed by atoms with Crippen molar-refractivity contribution in [3.05, 3.63) is 54.1 Å². The van der Waals surface area contributed by atoms with Gasteiger partial charge < -0.3 is 24.6 Å². The fraction of sp³-hybridized carbons (Fsp3) is 0.300. The van der Waals surface area contributed by atoms with E-state index >= 15 is 0 Å². The molecule has 1 amide bonds. The Morgan fingerprint density at radius 1 is 1.15 bits per heavy atom. The summed E-state index contributed by atoms with van der Waals surface area (Å²) in [5.41, 5.74) is 0.907. The highest BCUT2D eigenvalue weighted by molar-refractivity contribution is 6.06. The van der Waals surface area contributed by atoms with E-state index in [1.807, 2.05) is 6.07 Å². The summed E-state index contributed by atoms with van der Waals surface area (Å²) in [5, 5.41) is 11.5. The molecule has 2 aromatic rings. The Balaban J connectivity index is 1.65. The molecule has 0 aliphatic carbocycles. The highest BCUT2D eigenvalue weighted by atomic mass is 16.5. The molecule has 2 aromatic carbocycles. The van der Waals surface area contributed by atoms with Gasteiger partial charge in [0.25, 0.3) is 5.91 Å². The highest BCUT2D eigenvalue weighted by Crippen LogP contribution is 2.23. The zero-order chi connectivity index (χ0) is 19.1. The summed E-state index contributed by atoms with van der Waals surface area (Å²) in [5.74, 6) is -0.544. The number of hydrogen-bond acceptors (Lipinski definition) is 5. The van der Waals surface area contributed by atoms with Crippen molar-refractivity contribution >= 4 is 17.6 Å². The number of anilines is 1. The number of benzene rings is 2. The summed E-state index contributed by atoms with van der Waals surface area (Å²) < 4.78 is 16.5. The molecule has 1 fully saturated rings. The van der Waals surface area contributed by atoms with Crippen LogP contribution >= 0.6 is 0 Å². The van der Waals surface area contributed by atoms with Gasteiger partial charge in [-0.3, -0.25) is 4.79 Å². The normalized spacial score (nSPS) is 15.9. The van der Waals surface area contributed by atoms with Gasteiger partial charge >= 0.3 is 5.97 Å². The number of para-hydroxylation sites is 1. The third-order valence-electron chi connectivity index (χ3n) is 4.03. The SMILES string of the molecule is O=C(O)COc1cccc(NC(=O)c2ccccc2OCC2CCCO2)c1. The molecular weight excluding hydrogens is 350 g/mol. The molecule has 1 aliphatic heterocycles. The number of carboxylic acids is 1. The highest BCUT2D eigenvalue weighted by Gasteiger charge is 2.18. The van der Waals surface area contributed by atoms with Crippen molar-refractivity contribution in [3.63, 3.8) is 0 Å². The van der Waals surface area contributed by atoms with Crippen LogP contribution in [0.1, 0.15) is 23.2 Å². The summed E-state index contributed by atoms with van der Waals surface area (Å²) >= 11 is 0. The van der Waals surface area contributed by atoms with Gasteiger partial charge in [-0.15, -0.1) is 0 Å². The fourth-order valence-corrected chi connectivity index (χ4v) is 2.75. The molecule has 0 aromatic heterocycles. The van der Waals surface area contributed by atoms with E-state index in [-0.39, 0.29) is 12.0 Å². The van der Waals surface area contributed by atoms with Gasteiger partial charge in [0.15, 0.2) is 6.61 Å². The van der Waals surface area contributed by atoms with Crippen LogP contribution in [0.5, 0.6) is 11.5 Å². The summed E-state index contributed by atoms with van der Waals surface area (Å²) in [7, 11) is 0. The van der Waals surface area contributed by atoms with E-state index in [0.717, 1.165) is 19.4 Å². The lowest BCUT2D eigenvalue weighted by Gasteiger charge is -2.15. The second-order valence-corrected chi connectivity index (χ2v) is 6.11. The molecule has 142 valence electrons. The average molecular weight is 371 g/mol. The number of aliphatic carboxylic acids is 1. The number of hydrogen-bond donors (Lipinski definition) is 2. The van der Waals surface area contributed by atoms with Crippen molar-refractivity contribution in [2.45, 2.75) is 18.9 Å². The molecule has 3 rings (SSSR count). The van der Waals surface area contributed by atoms with Crippen LogP contribution in [0.3, 0.4) is 0 Å². The van der Waals surface area contributed by atoms with Crippen LogP contribution in [0.15, 0.2) is 48.5 Å². The number of carboxylic acid groups (broad SMARTS) is 1. The van der Waals surface area contributed by atoms with Gasteiger partial charge in [-0.1, -0.05) is 18.2 Å². The van der Waals surface area contributed by atoms with Crippen molar-refractivity contribution in [1.82, 2.24) is 0 Å². The smallest absolute Gasteiger partial charge is 0.341 e. The predicted molar refractivity (Wildman–Crippen MR) is 98.4 cm³/mol. The largest absolute Gasteiger partial charge is 0.490 e. The van der Waals surface area contributed by atoms with Gasteiger partial charge in [0.1, 0.15) is 18.1 Å². The molecule has 1 aliphatic rings. The Bertz CT molecular complexity index is 801. The van der Waals surface area contributed by atoms with Crippen molar-refractivity contribution in [1.29, 1.82) is 0 Å². The first-order valence-corrected chi connectivity index (χ1v) is 8.71. The van der Waals surface area contributed by atoms with Gasteiger partial charge in [0, 0.05) is 18.4 Å². The van der Waals surface area contributed by atoms with Gasteiger partial charge in [-0.2, -0.15) is 0 Å². The third kappa shape index (κ3) is 5.46. The lowest BCUT2D eigenvalue weighted by Crippen LogP contribution is -2.19. The van der Waals surface area contributed by atoms with E-state index in [1.165, 1.54) is 0 Å². The topological polar surface area (TPSA) is 94.1 Å². The maximum atomic E-state index is 12.7. The Morgan fingerprint density at radius 3 is 2.78 bits per heavy atom. The van der Waals surface area contributed by atoms with Crippen LogP contribution in [-0.2, 0) is 9.53 Å². The number of carbonyl (C=O) groups excluding carboxylic acids is 1. The first-order chi connectivity index (χ1) is 13.1. The van der Waals surface area contributed by atoms with Gasteiger partial charge in [-0.05, 0) is 37.1 Å². The Morgan fingerprint density at radius 2 is 2.00 bits per heavy atom. The standard InChI is InChI=1S/C20H21NO6/c22-19(23)13-26-15-6-3-5-14(11-15)21-20(24)17-8-1-2-9-18(17)27-12-16-7-4-10-25-16/h1-3,5-6,8-9,11,16H,4,7,10,12-13H2,(H,21,24)(H,22,23). The van der Waals surface area contributed by atoms with Crippen LogP contribution in [0, 0.1) is 0 Å². The van der Waals surface area contributed by atoms with Crippen LogP contribution in [-0.4, -0.2) is 42.9 Å². The molecule has 1 heterocycles. The predicted octanol–water partition coefficient (Wildman–Crippen LogP) is 2.96. The van der Waals surface area contributed by atoms with E-state index in [4.69, 9.17) is 19.3 Å². The summed E-state index contributed by atoms with van der Waals surface area (Å²) in [4.78, 5) is 23.2. The van der Waals surface area contributed by atoms with E-state index in [0.29, 0.717) is 29.4 Å². The second-order valence-electron chi connectivity index (χ2n) is 6.11. The summed E-state index contributed by atoms with van der Waals surface area (Å²) in [6.07, 6.45) is 2.04. The Kier molecular flexibility index (Phi) is 6.27. The zero-order valence-corrected chi connectivity index (χ0v) is 14.7. The fourth-order valence-electron chi connectivity index (χ4n) is 2.75. The monoisotopic (exact) mass is 371 g/mol. The zero-order valence-electron chi connectivity index (χ0n) is 14.7. The number of ether oxygens (including phenoxy) is 3. The first kappa shape index (κ1) is 18.7. The number of nitrogens with one attached hydrogen (secondary N) is 1. The third-order valence-corrected chi connectivity index (χ3v) is 4.03. The molecule has 0 saturated carbocycles. The minimum Gasteiger partial charge on any atom is -0.490 e. The number of rotatable bonds is 8. The maximum Gasteiger partial charge on any atom is 0.341 e. The molecule has 27 heavy (non-hydrogen) atoms. The van der Waals surface area contributed by atoms with E-state index in [1.54, 1.807) is 42.5 Å². The number of carbonyl (C=O) groups is 2. The lowest BCUT2D eigenvalue weighted by molar-refractivity contribution is -0.139. The molecule has 2 N–H and O–H groups in total. The van der Waals surface area contributed by atoms with E-state index in [2.05, 4.69) is 5.32 Å². The molecule has 7 nitrogen and oxygen atoms in total. The summed E-state index contributed by atoms with van der Waals surface area (Å²) in [6.45, 7) is 0.705. The molecular formula is C20H21NO6. The Labute approximate surface area is 156 Å². The first-order valence-electron chi connectivity index (χ1n) is 8.71. The van der Waals surface area contributed by atoms with Crippen molar-refractivity contribution < 1.29 is 28.9 Å². The maximum absolute atomic E-state index is 12.7. The minimum atomic E-state index is -1.07. The molecule has 1 unspecified atom stereocenters. The van der Waals surface area contributed by atoms with Crippen LogP contribution in [0.25, 0.3) is 0 Å². The van der Waals surface area contributed by atoms with Crippen LogP contribution in [0.4, 0.5) is 5.69 Å². The van der Waals surface area contributed by atoms with Crippen LogP contribution < -0.4 is 14.8 Å². The van der Waals surface area contributed by atoms with Crippen molar-refractivity contribution in [2.24, 2.45) is 0 Å². The van der Waals surface area contributed by atoms with Gasteiger partial charge in [0.05, 0.1) is 11.7 Å². The van der Waals surface area contributed by atoms with Gasteiger partial charge in [-0.25, -0.2) is 4.79 Å². The quantitative estimate of drug-likeness (QED) is 0.741. The number of amides is 1. The Hall–Kier alpha value is -3.06. The summed E-state index contributed by atoms with van der Waals surface area (Å²) in [6, 6.07) is 13.6. The van der Waals surface area contributed by atoms with E-state index < -0.39 is 12.6 Å². The van der Waals surface area contributed by atoms with Crippen molar-refractivity contribution in [3.8, 4) is 11.5 Å². The average Bonchev–Trinajstić information content (AvgIpc) is 3.19. The molecule has 0 radical (unpaired) electrons. The second kappa shape index (κ2) is 9.05. The van der Waals surface area contributed by atoms with E-state index in [9.17, 15) is 9.59 Å². The lowest BCUT2D eigenvalue weighted by atomic mass is 10.1. The molecule has 1 atom stereocenters. The van der Waals surface area contributed by atoms with Gasteiger partial charge in [0.2, 0.25) is 0 Å². The van der Waals surface area contributed by atoms with Crippen molar-refractivity contribution in [2.75, 3.05) is 25.1 Å². The minimum absolute atomic E-state index is 0.0594. The molecule has 0 bridgehead atoms.